The van der Waals surface area contributed by atoms with Crippen molar-refractivity contribution in [1.82, 2.24) is 30.6 Å². The molecular formula is C19H19BrClN7O6. The zero-order chi connectivity index (χ0) is 24.8. The fourth-order valence-corrected chi connectivity index (χ4v) is 3.40. The number of halogens is 2. The van der Waals surface area contributed by atoms with E-state index >= 15 is 0 Å². The molecule has 2 N–H and O–H groups in total. The molecule has 2 amide bonds. The third kappa shape index (κ3) is 6.29. The zero-order valence-electron chi connectivity index (χ0n) is 18.0. The third-order valence-electron chi connectivity index (χ3n) is 4.47. The number of amides is 2. The molecular weight excluding hydrogens is 538 g/mol. The molecule has 2 heterocycles. The van der Waals surface area contributed by atoms with E-state index in [2.05, 4.69) is 41.8 Å². The number of carbonyl (C=O) groups is 2. The molecule has 0 spiro atoms. The quantitative estimate of drug-likeness (QED) is 0.216. The van der Waals surface area contributed by atoms with Crippen LogP contribution in [0.2, 0.25) is 5.02 Å². The number of aromatic nitrogens is 4. The lowest BCUT2D eigenvalue weighted by atomic mass is 10.2. The molecule has 0 saturated carbocycles. The highest BCUT2D eigenvalue weighted by Gasteiger charge is 2.25. The van der Waals surface area contributed by atoms with Crippen molar-refractivity contribution in [2.75, 3.05) is 19.7 Å². The molecule has 3 aromatic rings. The molecule has 2 aromatic heterocycles. The minimum atomic E-state index is -0.634. The zero-order valence-corrected chi connectivity index (χ0v) is 20.3. The van der Waals surface area contributed by atoms with Crippen LogP contribution in [0, 0.1) is 24.0 Å². The van der Waals surface area contributed by atoms with Gasteiger partial charge in [-0.2, -0.15) is 9.67 Å². The van der Waals surface area contributed by atoms with Crippen LogP contribution >= 0.6 is 27.5 Å². The Morgan fingerprint density at radius 3 is 2.71 bits per heavy atom. The van der Waals surface area contributed by atoms with Gasteiger partial charge in [0, 0.05) is 18.1 Å². The first kappa shape index (κ1) is 25.1. The van der Waals surface area contributed by atoms with Gasteiger partial charge in [0.25, 0.3) is 5.91 Å². The number of carbonyl (C=O) groups excluding carboxylic acids is 2. The van der Waals surface area contributed by atoms with Gasteiger partial charge in [-0.3, -0.25) is 9.59 Å². The number of nitrogens with one attached hydrogen (secondary N) is 2. The lowest BCUT2D eigenvalue weighted by Crippen LogP contribution is -2.36. The number of nitrogens with zero attached hydrogens (tertiary/aromatic N) is 5. The van der Waals surface area contributed by atoms with Gasteiger partial charge < -0.3 is 30.0 Å². The van der Waals surface area contributed by atoms with Crippen LogP contribution in [0.25, 0.3) is 0 Å². The van der Waals surface area contributed by atoms with E-state index in [1.165, 1.54) is 4.68 Å². The van der Waals surface area contributed by atoms with Gasteiger partial charge in [-0.25, -0.2) is 0 Å². The van der Waals surface area contributed by atoms with Crippen LogP contribution in [0.5, 0.6) is 5.75 Å². The molecule has 0 saturated heterocycles. The number of aryl methyl sites for hydroxylation is 1. The smallest absolute Gasteiger partial charge is 0.404 e. The molecule has 0 fully saturated rings. The molecule has 180 valence electrons. The van der Waals surface area contributed by atoms with Gasteiger partial charge in [0.15, 0.2) is 12.4 Å². The fraction of sp³-hybridized carbons (Fsp3) is 0.316. The summed E-state index contributed by atoms with van der Waals surface area (Å²) in [5, 5.41) is 24.3. The molecule has 13 nitrogen and oxygen atoms in total. The van der Waals surface area contributed by atoms with Gasteiger partial charge in [0.2, 0.25) is 0 Å². The summed E-state index contributed by atoms with van der Waals surface area (Å²) in [6.45, 7) is 3.49. The summed E-state index contributed by atoms with van der Waals surface area (Å²) in [5.74, 6) is -0.965. The minimum absolute atomic E-state index is 0.0296. The van der Waals surface area contributed by atoms with Crippen molar-refractivity contribution in [2.45, 2.75) is 20.4 Å². The second kappa shape index (κ2) is 11.1. The number of rotatable bonds is 10. The topological polar surface area (TPSA) is 167 Å². The van der Waals surface area contributed by atoms with Gasteiger partial charge in [-0.05, 0) is 58.5 Å². The van der Waals surface area contributed by atoms with Crippen LogP contribution in [-0.4, -0.2) is 56.4 Å². The number of hydrogen-bond acceptors (Lipinski definition) is 9. The van der Waals surface area contributed by atoms with Crippen molar-refractivity contribution in [3.05, 3.63) is 60.8 Å². The molecule has 0 aliphatic heterocycles. The summed E-state index contributed by atoms with van der Waals surface area (Å²) in [7, 11) is 0. The normalized spacial score (nSPS) is 10.7. The van der Waals surface area contributed by atoms with E-state index in [9.17, 15) is 19.7 Å². The van der Waals surface area contributed by atoms with Crippen molar-refractivity contribution in [2.24, 2.45) is 0 Å². The van der Waals surface area contributed by atoms with Crippen LogP contribution in [0.4, 0.5) is 5.82 Å². The Morgan fingerprint density at radius 2 is 2.03 bits per heavy atom. The Labute approximate surface area is 206 Å². The first-order valence-electron chi connectivity index (χ1n) is 9.79. The summed E-state index contributed by atoms with van der Waals surface area (Å²) in [6.07, 6.45) is 0. The maximum Gasteiger partial charge on any atom is 0.404 e. The van der Waals surface area contributed by atoms with Gasteiger partial charge in [-0.15, -0.1) is 0 Å². The number of ether oxygens (including phenoxy) is 1. The molecule has 3 rings (SSSR count). The molecule has 0 radical (unpaired) electrons. The van der Waals surface area contributed by atoms with E-state index in [0.717, 1.165) is 5.56 Å². The Hall–Kier alpha value is -3.52. The van der Waals surface area contributed by atoms with E-state index < -0.39 is 10.8 Å². The largest absolute Gasteiger partial charge is 0.484 e. The second-order valence-corrected chi connectivity index (χ2v) is 8.19. The van der Waals surface area contributed by atoms with Crippen LogP contribution in [0.1, 0.15) is 27.8 Å². The van der Waals surface area contributed by atoms with E-state index in [0.29, 0.717) is 16.5 Å². The maximum atomic E-state index is 12.2. The Kier molecular flexibility index (Phi) is 8.17. The number of hydrogen-bond donors (Lipinski definition) is 2. The van der Waals surface area contributed by atoms with Crippen molar-refractivity contribution >= 4 is 45.2 Å². The summed E-state index contributed by atoms with van der Waals surface area (Å²) >= 11 is 9.00. The maximum absolute atomic E-state index is 12.2. The lowest BCUT2D eigenvalue weighted by Gasteiger charge is -2.10. The lowest BCUT2D eigenvalue weighted by molar-refractivity contribution is -0.390. The monoisotopic (exact) mass is 555 g/mol. The van der Waals surface area contributed by atoms with Crippen molar-refractivity contribution in [3.63, 3.8) is 0 Å². The first-order valence-corrected chi connectivity index (χ1v) is 11.0. The number of benzene rings is 1. The van der Waals surface area contributed by atoms with Crippen LogP contribution in [0.15, 0.2) is 27.2 Å². The fourth-order valence-electron chi connectivity index (χ4n) is 2.75. The first-order chi connectivity index (χ1) is 16.2. The summed E-state index contributed by atoms with van der Waals surface area (Å²) in [4.78, 5) is 38.4. The highest BCUT2D eigenvalue weighted by molar-refractivity contribution is 9.10. The van der Waals surface area contributed by atoms with E-state index in [1.807, 2.05) is 6.92 Å². The summed E-state index contributed by atoms with van der Waals surface area (Å²) in [5.41, 5.74) is 1.30. The highest BCUT2D eigenvalue weighted by atomic mass is 79.9. The van der Waals surface area contributed by atoms with Gasteiger partial charge in [0.1, 0.15) is 16.8 Å². The standard InChI is InChI=1S/C19H19BrClN7O6/c1-10-7-12(21)3-4-13(10)33-9-15(29)22-5-6-23-18(30)19-24-14(26-34-19)8-27-11(2)16(20)17(25-27)28(31)32/h3-4,7H,5-6,8-9H2,1-2H3,(H,22,29)(H,23,30). The van der Waals surface area contributed by atoms with Crippen molar-refractivity contribution in [3.8, 4) is 5.75 Å². The van der Waals surface area contributed by atoms with Crippen LogP contribution in [-0.2, 0) is 11.3 Å². The van der Waals surface area contributed by atoms with Crippen molar-refractivity contribution in [1.29, 1.82) is 0 Å². The predicted octanol–water partition coefficient (Wildman–Crippen LogP) is 2.18. The molecule has 1 aromatic carbocycles. The Morgan fingerprint density at radius 1 is 1.29 bits per heavy atom. The second-order valence-electron chi connectivity index (χ2n) is 6.96. The molecule has 0 unspecified atom stereocenters. The molecule has 0 atom stereocenters. The SMILES string of the molecule is Cc1cc(Cl)ccc1OCC(=O)NCCNC(=O)c1nc(Cn2nc([N+](=O)[O-])c(Br)c2C)no1. The molecule has 0 bridgehead atoms. The van der Waals surface area contributed by atoms with Gasteiger partial charge in [-0.1, -0.05) is 16.8 Å². The predicted molar refractivity (Wildman–Crippen MR) is 122 cm³/mol. The molecule has 0 aliphatic carbocycles. The van der Waals surface area contributed by atoms with Gasteiger partial charge >= 0.3 is 17.6 Å². The van der Waals surface area contributed by atoms with E-state index in [1.54, 1.807) is 25.1 Å². The van der Waals surface area contributed by atoms with Crippen molar-refractivity contribution < 1.29 is 23.8 Å². The highest BCUT2D eigenvalue weighted by Crippen LogP contribution is 2.27. The Bertz CT molecular complexity index is 1230. The van der Waals surface area contributed by atoms with Crippen LogP contribution < -0.4 is 15.4 Å². The number of nitro groups is 1. The van der Waals surface area contributed by atoms with E-state index in [-0.39, 0.29) is 54.2 Å². The average Bonchev–Trinajstić information content (AvgIpc) is 3.36. The van der Waals surface area contributed by atoms with Gasteiger partial charge in [0.05, 0.1) is 10.8 Å². The molecule has 15 heteroatoms. The average molecular weight is 557 g/mol. The summed E-state index contributed by atoms with van der Waals surface area (Å²) < 4.78 is 11.9. The molecule has 0 aliphatic rings. The molecule has 34 heavy (non-hydrogen) atoms. The summed E-state index contributed by atoms with van der Waals surface area (Å²) in [6, 6.07) is 5.07. The van der Waals surface area contributed by atoms with Crippen LogP contribution in [0.3, 0.4) is 0 Å². The van der Waals surface area contributed by atoms with E-state index in [4.69, 9.17) is 20.9 Å². The Balaban J connectivity index is 1.42. The minimum Gasteiger partial charge on any atom is -0.484 e. The third-order valence-corrected chi connectivity index (χ3v) is 5.64.